The summed E-state index contributed by atoms with van der Waals surface area (Å²) in [6.45, 7) is 15.2. The van der Waals surface area contributed by atoms with Crippen molar-refractivity contribution in [2.24, 2.45) is 0 Å². The van der Waals surface area contributed by atoms with Gasteiger partial charge in [-0.15, -0.1) is 0 Å². The molecule has 0 saturated carbocycles. The molecule has 3 atom stereocenters. The van der Waals surface area contributed by atoms with Crippen molar-refractivity contribution in [3.8, 4) is 0 Å². The van der Waals surface area contributed by atoms with Crippen molar-refractivity contribution in [2.45, 2.75) is 66.3 Å². The number of hydrogen-bond donors (Lipinski definition) is 0. The molecule has 0 spiro atoms. The van der Waals surface area contributed by atoms with Gasteiger partial charge in [-0.1, -0.05) is 0 Å². The molecule has 3 unspecified atom stereocenters. The monoisotopic (exact) mass is 368 g/mol. The van der Waals surface area contributed by atoms with Gasteiger partial charge in [-0.25, -0.2) is 0 Å². The number of ether oxygens (including phenoxy) is 4. The quantitative estimate of drug-likeness (QED) is 0.325. The van der Waals surface area contributed by atoms with Crippen LogP contribution in [0.4, 0.5) is 0 Å². The highest BCUT2D eigenvalue weighted by atomic mass is 28.4. The molecule has 0 N–H and O–H groups in total. The molecule has 0 aliphatic carbocycles. The van der Waals surface area contributed by atoms with Gasteiger partial charge in [-0.3, -0.25) is 0 Å². The van der Waals surface area contributed by atoms with Crippen LogP contribution in [0.5, 0.6) is 0 Å². The van der Waals surface area contributed by atoms with Gasteiger partial charge in [0.2, 0.25) is 0 Å². The summed E-state index contributed by atoms with van der Waals surface area (Å²) < 4.78 is 41.6. The van der Waals surface area contributed by atoms with Gasteiger partial charge in [0.15, 0.2) is 6.29 Å². The molecular formula is C16H36O7Si. The van der Waals surface area contributed by atoms with Crippen LogP contribution in [0, 0.1) is 0 Å². The molecular weight excluding hydrogens is 332 g/mol. The van der Waals surface area contributed by atoms with Crippen molar-refractivity contribution in [3.63, 3.8) is 0 Å². The van der Waals surface area contributed by atoms with E-state index in [-0.39, 0.29) is 0 Å². The zero-order chi connectivity index (χ0) is 18.6. The van der Waals surface area contributed by atoms with E-state index >= 15 is 0 Å². The fraction of sp³-hybridized carbons (Fsp3) is 1.00. The van der Waals surface area contributed by atoms with Crippen LogP contribution >= 0.6 is 0 Å². The lowest BCUT2D eigenvalue weighted by molar-refractivity contribution is -0.318. The molecule has 0 bridgehead atoms. The summed E-state index contributed by atoms with van der Waals surface area (Å²) in [5.41, 5.74) is -1.32. The molecule has 146 valence electrons. The summed E-state index contributed by atoms with van der Waals surface area (Å²) in [7, 11) is -1.86. The third-order valence-corrected chi connectivity index (χ3v) is 6.94. The van der Waals surface area contributed by atoms with E-state index in [1.54, 1.807) is 14.0 Å². The van der Waals surface area contributed by atoms with Crippen molar-refractivity contribution in [1.82, 2.24) is 0 Å². The van der Waals surface area contributed by atoms with Gasteiger partial charge >= 0.3 is 8.80 Å². The van der Waals surface area contributed by atoms with E-state index in [0.717, 1.165) is 0 Å². The third kappa shape index (κ3) is 5.74. The second kappa shape index (κ2) is 12.3. The topological polar surface area (TPSA) is 64.6 Å². The highest BCUT2D eigenvalue weighted by Gasteiger charge is 2.68. The van der Waals surface area contributed by atoms with Gasteiger partial charge in [0.1, 0.15) is 6.10 Å². The Kier molecular flexibility index (Phi) is 12.3. The lowest BCUT2D eigenvalue weighted by atomic mass is 10.3. The van der Waals surface area contributed by atoms with E-state index in [1.807, 2.05) is 41.5 Å². The van der Waals surface area contributed by atoms with E-state index in [4.69, 9.17) is 32.2 Å². The first-order valence-corrected chi connectivity index (χ1v) is 10.5. The minimum atomic E-state index is -3.43. The van der Waals surface area contributed by atoms with Crippen molar-refractivity contribution < 1.29 is 32.2 Å². The first-order chi connectivity index (χ1) is 11.4. The average molecular weight is 369 g/mol. The van der Waals surface area contributed by atoms with Gasteiger partial charge in [0.05, 0.1) is 0 Å². The second-order valence-corrected chi connectivity index (χ2v) is 7.65. The standard InChI is InChI=1S/C16H36O7Si/c1-9-18-14(6)16(19-10-2,23-15(7)17-8)24(20-11-3,21-12-4)22-13-5/h14-15H,9-13H2,1-8H3. The maximum absolute atomic E-state index is 6.18. The van der Waals surface area contributed by atoms with Crippen LogP contribution in [-0.4, -0.2) is 66.8 Å². The smallest absolute Gasteiger partial charge is 0.373 e. The maximum atomic E-state index is 6.18. The van der Waals surface area contributed by atoms with Gasteiger partial charge in [0, 0.05) is 40.1 Å². The van der Waals surface area contributed by atoms with Crippen molar-refractivity contribution >= 4 is 8.80 Å². The molecule has 8 heteroatoms. The Balaban J connectivity index is 6.17. The van der Waals surface area contributed by atoms with Crippen LogP contribution in [0.3, 0.4) is 0 Å². The SMILES string of the molecule is CCOC(C)C(OCC)(OC(C)OC)[Si](OCC)(OCC)OCC. The van der Waals surface area contributed by atoms with Gasteiger partial charge in [-0.05, 0) is 48.5 Å². The average Bonchev–Trinajstić information content (AvgIpc) is 2.54. The molecule has 0 fully saturated rings. The fourth-order valence-electron chi connectivity index (χ4n) is 2.52. The molecule has 0 aromatic carbocycles. The number of methoxy groups -OCH3 is 1. The highest BCUT2D eigenvalue weighted by Crippen LogP contribution is 2.36. The molecule has 0 amide bonds. The lowest BCUT2D eigenvalue weighted by Gasteiger charge is -2.47. The second-order valence-electron chi connectivity index (χ2n) is 4.97. The van der Waals surface area contributed by atoms with Crippen LogP contribution in [-0.2, 0) is 32.2 Å². The van der Waals surface area contributed by atoms with E-state index in [1.165, 1.54) is 0 Å². The van der Waals surface area contributed by atoms with Crippen LogP contribution in [0.15, 0.2) is 0 Å². The first-order valence-electron chi connectivity index (χ1n) is 8.81. The highest BCUT2D eigenvalue weighted by molar-refractivity contribution is 6.63. The van der Waals surface area contributed by atoms with E-state index in [0.29, 0.717) is 33.0 Å². The third-order valence-electron chi connectivity index (χ3n) is 3.41. The summed E-state index contributed by atoms with van der Waals surface area (Å²) in [6, 6.07) is 0. The summed E-state index contributed by atoms with van der Waals surface area (Å²) in [5, 5.41) is 0. The molecule has 0 aliphatic rings. The first kappa shape index (κ1) is 23.9. The Morgan fingerprint density at radius 2 is 1.29 bits per heavy atom. The summed E-state index contributed by atoms with van der Waals surface area (Å²) in [5.74, 6) is 0. The molecule has 0 radical (unpaired) electrons. The van der Waals surface area contributed by atoms with Crippen LogP contribution in [0.2, 0.25) is 0 Å². The fourth-order valence-corrected chi connectivity index (χ4v) is 5.73. The van der Waals surface area contributed by atoms with Crippen molar-refractivity contribution in [1.29, 1.82) is 0 Å². The zero-order valence-electron chi connectivity index (χ0n) is 16.5. The number of hydrogen-bond acceptors (Lipinski definition) is 7. The van der Waals surface area contributed by atoms with E-state index in [2.05, 4.69) is 0 Å². The maximum Gasteiger partial charge on any atom is 0.566 e. The van der Waals surface area contributed by atoms with Crippen molar-refractivity contribution in [2.75, 3.05) is 40.1 Å². The zero-order valence-corrected chi connectivity index (χ0v) is 17.5. The predicted octanol–water partition coefficient (Wildman–Crippen LogP) is 2.74. The van der Waals surface area contributed by atoms with Gasteiger partial charge in [-0.2, -0.15) is 0 Å². The van der Waals surface area contributed by atoms with Crippen LogP contribution < -0.4 is 0 Å². The molecule has 0 heterocycles. The molecule has 0 aliphatic heterocycles. The van der Waals surface area contributed by atoms with Crippen molar-refractivity contribution in [3.05, 3.63) is 0 Å². The predicted molar refractivity (Wildman–Crippen MR) is 93.6 cm³/mol. The summed E-state index contributed by atoms with van der Waals surface area (Å²) in [4.78, 5) is 0. The van der Waals surface area contributed by atoms with Crippen LogP contribution in [0.1, 0.15) is 48.5 Å². The molecule has 0 aromatic rings. The number of rotatable bonds is 15. The lowest BCUT2D eigenvalue weighted by Crippen LogP contribution is -2.73. The Morgan fingerprint density at radius 1 is 0.792 bits per heavy atom. The van der Waals surface area contributed by atoms with Gasteiger partial charge < -0.3 is 32.2 Å². The van der Waals surface area contributed by atoms with E-state index < -0.39 is 26.6 Å². The minimum Gasteiger partial charge on any atom is -0.373 e. The molecule has 24 heavy (non-hydrogen) atoms. The Labute approximate surface area is 148 Å². The molecule has 0 saturated heterocycles. The summed E-state index contributed by atoms with van der Waals surface area (Å²) in [6.07, 6.45) is -1.02. The van der Waals surface area contributed by atoms with Crippen LogP contribution in [0.25, 0.3) is 0 Å². The largest absolute Gasteiger partial charge is 0.566 e. The van der Waals surface area contributed by atoms with Gasteiger partial charge in [0.25, 0.3) is 5.41 Å². The van der Waals surface area contributed by atoms with E-state index in [9.17, 15) is 0 Å². The Bertz CT molecular complexity index is 302. The normalized spacial score (nSPS) is 17.5. The minimum absolute atomic E-state index is 0.385. The molecule has 7 nitrogen and oxygen atoms in total. The Morgan fingerprint density at radius 3 is 1.62 bits per heavy atom. The molecule has 0 aromatic heterocycles. The summed E-state index contributed by atoms with van der Waals surface area (Å²) >= 11 is 0. The Hall–Kier alpha value is -0.0631. The molecule has 0 rings (SSSR count).